The third-order valence-electron chi connectivity index (χ3n) is 4.10. The maximum absolute atomic E-state index is 12.6. The van der Waals surface area contributed by atoms with Crippen LogP contribution in [0, 0.1) is 0 Å². The maximum atomic E-state index is 12.6. The second-order valence-corrected chi connectivity index (χ2v) is 6.64. The van der Waals surface area contributed by atoms with Gasteiger partial charge in [-0.1, -0.05) is 6.07 Å². The quantitative estimate of drug-likeness (QED) is 0.483. The van der Waals surface area contributed by atoms with E-state index in [2.05, 4.69) is 15.9 Å². The number of aromatic nitrogens is 1. The van der Waals surface area contributed by atoms with Gasteiger partial charge in [0.1, 0.15) is 18.1 Å². The summed E-state index contributed by atoms with van der Waals surface area (Å²) in [6.45, 7) is 2.16. The van der Waals surface area contributed by atoms with Gasteiger partial charge in [-0.2, -0.15) is 0 Å². The number of ether oxygens (including phenoxy) is 2. The van der Waals surface area contributed by atoms with Gasteiger partial charge in [-0.05, 0) is 47.1 Å². The first kappa shape index (κ1) is 18.1. The van der Waals surface area contributed by atoms with E-state index in [1.54, 1.807) is 43.3 Å². The number of carbonyl (C=O) groups excluding carboxylic acids is 1. The molecule has 3 N–H and O–H groups in total. The first-order valence-electron chi connectivity index (χ1n) is 8.07. The fraction of sp³-hybridized carbons (Fsp3) is 0.211. The molecule has 0 saturated carbocycles. The number of aromatic hydroxyl groups is 1. The van der Waals surface area contributed by atoms with Crippen molar-refractivity contribution in [1.29, 1.82) is 0 Å². The van der Waals surface area contributed by atoms with E-state index in [1.807, 2.05) is 11.6 Å². The summed E-state index contributed by atoms with van der Waals surface area (Å²) in [5, 5.41) is 10.6. The van der Waals surface area contributed by atoms with Crippen LogP contribution in [-0.4, -0.2) is 22.2 Å². The molecular weight excluding hydrogens is 400 g/mol. The first-order valence-corrected chi connectivity index (χ1v) is 8.87. The van der Waals surface area contributed by atoms with Crippen molar-refractivity contribution in [2.45, 2.75) is 13.5 Å². The van der Waals surface area contributed by atoms with Crippen molar-refractivity contribution in [3.63, 3.8) is 0 Å². The van der Waals surface area contributed by atoms with Crippen LogP contribution >= 0.6 is 15.9 Å². The minimum atomic E-state index is -0.453. The van der Waals surface area contributed by atoms with E-state index < -0.39 is 5.97 Å². The predicted octanol–water partition coefficient (Wildman–Crippen LogP) is 3.98. The SMILES string of the molecule is CCOC(=O)c1c(COc2cccc(N)c2)n(C)c2cc(Br)c(O)cc12. The number of hydrogen-bond donors (Lipinski definition) is 2. The molecule has 3 aromatic rings. The van der Waals surface area contributed by atoms with Crippen LogP contribution in [0.25, 0.3) is 10.9 Å². The molecule has 0 aliphatic carbocycles. The number of anilines is 1. The Bertz CT molecular complexity index is 981. The number of carbonyl (C=O) groups is 1. The van der Waals surface area contributed by atoms with Crippen molar-refractivity contribution < 1.29 is 19.4 Å². The molecule has 0 bridgehead atoms. The van der Waals surface area contributed by atoms with Gasteiger partial charge in [0.2, 0.25) is 0 Å². The third kappa shape index (κ3) is 3.35. The fourth-order valence-electron chi connectivity index (χ4n) is 2.85. The van der Waals surface area contributed by atoms with Crippen molar-refractivity contribution in [2.24, 2.45) is 7.05 Å². The molecule has 136 valence electrons. The molecule has 0 saturated heterocycles. The highest BCUT2D eigenvalue weighted by Crippen LogP contribution is 2.35. The van der Waals surface area contributed by atoms with Crippen LogP contribution in [0.3, 0.4) is 0 Å². The molecule has 0 spiro atoms. The molecule has 1 aromatic heterocycles. The summed E-state index contributed by atoms with van der Waals surface area (Å²) in [6, 6.07) is 10.4. The van der Waals surface area contributed by atoms with Crippen molar-refractivity contribution in [1.82, 2.24) is 4.57 Å². The normalized spacial score (nSPS) is 10.9. The van der Waals surface area contributed by atoms with E-state index in [0.29, 0.717) is 32.6 Å². The van der Waals surface area contributed by atoms with Crippen LogP contribution < -0.4 is 10.5 Å². The Morgan fingerprint density at radius 2 is 2.08 bits per heavy atom. The number of hydrogen-bond acceptors (Lipinski definition) is 5. The molecule has 3 rings (SSSR count). The summed E-state index contributed by atoms with van der Waals surface area (Å²) in [4.78, 5) is 12.6. The molecule has 26 heavy (non-hydrogen) atoms. The molecule has 1 heterocycles. The Balaban J connectivity index is 2.08. The van der Waals surface area contributed by atoms with Crippen molar-refractivity contribution in [3.05, 3.63) is 52.1 Å². The molecule has 7 heteroatoms. The van der Waals surface area contributed by atoms with E-state index in [-0.39, 0.29) is 19.0 Å². The Kier molecular flexibility index (Phi) is 5.08. The number of nitrogens with zero attached hydrogens (tertiary/aromatic N) is 1. The van der Waals surface area contributed by atoms with E-state index in [9.17, 15) is 9.90 Å². The van der Waals surface area contributed by atoms with Crippen molar-refractivity contribution in [3.8, 4) is 11.5 Å². The summed E-state index contributed by atoms with van der Waals surface area (Å²) >= 11 is 3.31. The third-order valence-corrected chi connectivity index (χ3v) is 4.74. The highest BCUT2D eigenvalue weighted by Gasteiger charge is 2.24. The molecule has 6 nitrogen and oxygen atoms in total. The van der Waals surface area contributed by atoms with Gasteiger partial charge in [0, 0.05) is 24.2 Å². The highest BCUT2D eigenvalue weighted by molar-refractivity contribution is 9.10. The molecular formula is C19H19BrN2O4. The average Bonchev–Trinajstić information content (AvgIpc) is 2.86. The number of phenols is 1. The molecule has 0 fully saturated rings. The lowest BCUT2D eigenvalue weighted by molar-refractivity contribution is 0.0525. The number of nitrogen functional groups attached to an aromatic ring is 1. The number of nitrogens with two attached hydrogens (primary N) is 1. The minimum Gasteiger partial charge on any atom is -0.507 e. The molecule has 0 aliphatic rings. The summed E-state index contributed by atoms with van der Waals surface area (Å²) in [5.74, 6) is 0.206. The zero-order chi connectivity index (χ0) is 18.8. The van der Waals surface area contributed by atoms with Gasteiger partial charge in [-0.3, -0.25) is 0 Å². The standard InChI is InChI=1S/C19H19BrN2O4/c1-3-25-19(24)18-13-8-17(23)14(20)9-15(13)22(2)16(18)10-26-12-6-4-5-11(21)7-12/h4-9,23H,3,10,21H2,1-2H3. The zero-order valence-electron chi connectivity index (χ0n) is 14.5. The van der Waals surface area contributed by atoms with Crippen molar-refractivity contribution >= 4 is 38.5 Å². The Morgan fingerprint density at radius 1 is 1.31 bits per heavy atom. The second-order valence-electron chi connectivity index (χ2n) is 5.78. The van der Waals surface area contributed by atoms with Gasteiger partial charge in [-0.15, -0.1) is 0 Å². The number of fused-ring (bicyclic) bond motifs is 1. The average molecular weight is 419 g/mol. The number of rotatable bonds is 5. The summed E-state index contributed by atoms with van der Waals surface area (Å²) in [6.07, 6.45) is 0. The largest absolute Gasteiger partial charge is 0.507 e. The van der Waals surface area contributed by atoms with E-state index in [1.165, 1.54) is 0 Å². The second kappa shape index (κ2) is 7.29. The Morgan fingerprint density at radius 3 is 2.77 bits per heavy atom. The first-order chi connectivity index (χ1) is 12.4. The zero-order valence-corrected chi connectivity index (χ0v) is 16.0. The topological polar surface area (TPSA) is 86.7 Å². The fourth-order valence-corrected chi connectivity index (χ4v) is 3.18. The van der Waals surface area contributed by atoms with Crippen LogP contribution in [0.4, 0.5) is 5.69 Å². The lowest BCUT2D eigenvalue weighted by atomic mass is 10.1. The van der Waals surface area contributed by atoms with E-state index >= 15 is 0 Å². The van der Waals surface area contributed by atoms with Crippen LogP contribution in [0.1, 0.15) is 23.0 Å². The summed E-state index contributed by atoms with van der Waals surface area (Å²) in [7, 11) is 1.84. The number of phenolic OH excluding ortho intramolecular Hbond substituents is 1. The molecule has 0 aliphatic heterocycles. The number of aryl methyl sites for hydroxylation is 1. The molecule has 0 radical (unpaired) electrons. The van der Waals surface area contributed by atoms with Gasteiger partial charge in [-0.25, -0.2) is 4.79 Å². The van der Waals surface area contributed by atoms with E-state index in [0.717, 1.165) is 5.52 Å². The summed E-state index contributed by atoms with van der Waals surface area (Å²) in [5.41, 5.74) is 8.19. The lowest BCUT2D eigenvalue weighted by Crippen LogP contribution is -2.11. The smallest absolute Gasteiger partial charge is 0.340 e. The van der Waals surface area contributed by atoms with Crippen LogP contribution in [-0.2, 0) is 18.4 Å². The van der Waals surface area contributed by atoms with Crippen molar-refractivity contribution in [2.75, 3.05) is 12.3 Å². The molecule has 0 atom stereocenters. The van der Waals surface area contributed by atoms with Gasteiger partial charge >= 0.3 is 5.97 Å². The minimum absolute atomic E-state index is 0.0527. The molecule has 0 unspecified atom stereocenters. The monoisotopic (exact) mass is 418 g/mol. The molecule has 2 aromatic carbocycles. The Labute approximate surface area is 159 Å². The van der Waals surface area contributed by atoms with Gasteiger partial charge in [0.25, 0.3) is 0 Å². The Hall–Kier alpha value is -2.67. The number of halogens is 1. The van der Waals surface area contributed by atoms with Gasteiger partial charge in [0.05, 0.1) is 27.9 Å². The van der Waals surface area contributed by atoms with Crippen LogP contribution in [0.2, 0.25) is 0 Å². The van der Waals surface area contributed by atoms with E-state index in [4.69, 9.17) is 15.2 Å². The molecule has 0 amide bonds. The van der Waals surface area contributed by atoms with Crippen LogP contribution in [0.15, 0.2) is 40.9 Å². The maximum Gasteiger partial charge on any atom is 0.340 e. The van der Waals surface area contributed by atoms with Gasteiger partial charge in [0.15, 0.2) is 0 Å². The number of esters is 1. The highest BCUT2D eigenvalue weighted by atomic mass is 79.9. The van der Waals surface area contributed by atoms with Crippen LogP contribution in [0.5, 0.6) is 11.5 Å². The lowest BCUT2D eigenvalue weighted by Gasteiger charge is -2.10. The van der Waals surface area contributed by atoms with Gasteiger partial charge < -0.3 is 24.9 Å². The summed E-state index contributed by atoms with van der Waals surface area (Å²) < 4.78 is 13.4. The predicted molar refractivity (Wildman–Crippen MR) is 103 cm³/mol. The number of benzene rings is 2.